The topological polar surface area (TPSA) is 49.3 Å². The summed E-state index contributed by atoms with van der Waals surface area (Å²) < 4.78 is 0. The van der Waals surface area contributed by atoms with Crippen molar-refractivity contribution < 1.29 is 9.90 Å². The largest absolute Gasteiger partial charge is 0.481 e. The molecule has 2 N–H and O–H groups in total. The summed E-state index contributed by atoms with van der Waals surface area (Å²) >= 11 is 0. The van der Waals surface area contributed by atoms with E-state index in [4.69, 9.17) is 5.11 Å². The van der Waals surface area contributed by atoms with E-state index in [1.54, 1.807) is 12.2 Å². The van der Waals surface area contributed by atoms with Crippen LogP contribution in [0.25, 0.3) is 0 Å². The SMILES string of the molecule is C=CC/C(=C\NC(C)C=C)CCC(=O)O. The molecule has 0 rings (SSSR count). The molecule has 0 aliphatic heterocycles. The van der Waals surface area contributed by atoms with E-state index in [1.807, 2.05) is 13.1 Å². The normalized spacial score (nSPS) is 13.0. The highest BCUT2D eigenvalue weighted by molar-refractivity contribution is 5.67. The van der Waals surface area contributed by atoms with Crippen LogP contribution in [0.15, 0.2) is 37.1 Å². The number of aliphatic carboxylic acids is 1. The van der Waals surface area contributed by atoms with Crippen LogP contribution in [0.1, 0.15) is 26.2 Å². The van der Waals surface area contributed by atoms with Gasteiger partial charge in [0.05, 0.1) is 0 Å². The number of carboxylic acids is 1. The molecule has 3 nitrogen and oxygen atoms in total. The highest BCUT2D eigenvalue weighted by Gasteiger charge is 2.01. The third kappa shape index (κ3) is 7.55. The summed E-state index contributed by atoms with van der Waals surface area (Å²) in [5, 5.41) is 11.7. The lowest BCUT2D eigenvalue weighted by molar-refractivity contribution is -0.136. The van der Waals surface area contributed by atoms with Crippen molar-refractivity contribution >= 4 is 5.97 Å². The highest BCUT2D eigenvalue weighted by Crippen LogP contribution is 2.09. The van der Waals surface area contributed by atoms with Gasteiger partial charge in [-0.2, -0.15) is 0 Å². The van der Waals surface area contributed by atoms with E-state index in [9.17, 15) is 4.79 Å². The molecule has 0 aromatic heterocycles. The first-order chi connectivity index (χ1) is 7.10. The Morgan fingerprint density at radius 3 is 2.60 bits per heavy atom. The standard InChI is InChI=1S/C12H19NO2/c1-4-6-11(7-8-12(14)15)9-13-10(3)5-2/h4-5,9-10,13H,1-2,6-8H2,3H3,(H,14,15)/b11-9+. The smallest absolute Gasteiger partial charge is 0.303 e. The van der Waals surface area contributed by atoms with Crippen LogP contribution in [0, 0.1) is 0 Å². The van der Waals surface area contributed by atoms with E-state index in [0.717, 1.165) is 5.57 Å². The van der Waals surface area contributed by atoms with Gasteiger partial charge < -0.3 is 10.4 Å². The quantitative estimate of drug-likeness (QED) is 0.604. The van der Waals surface area contributed by atoms with Crippen LogP contribution >= 0.6 is 0 Å². The second kappa shape index (κ2) is 7.85. The zero-order valence-electron chi connectivity index (χ0n) is 9.20. The fourth-order valence-electron chi connectivity index (χ4n) is 1.00. The second-order valence-corrected chi connectivity index (χ2v) is 3.38. The van der Waals surface area contributed by atoms with Crippen molar-refractivity contribution in [1.82, 2.24) is 5.32 Å². The van der Waals surface area contributed by atoms with Gasteiger partial charge in [0.15, 0.2) is 0 Å². The Labute approximate surface area is 91.2 Å². The van der Waals surface area contributed by atoms with Crippen molar-refractivity contribution in [2.45, 2.75) is 32.2 Å². The number of rotatable bonds is 8. The van der Waals surface area contributed by atoms with E-state index in [-0.39, 0.29) is 12.5 Å². The zero-order chi connectivity index (χ0) is 11.7. The fraction of sp³-hybridized carbons (Fsp3) is 0.417. The van der Waals surface area contributed by atoms with Crippen LogP contribution in [0.5, 0.6) is 0 Å². The summed E-state index contributed by atoms with van der Waals surface area (Å²) in [7, 11) is 0. The van der Waals surface area contributed by atoms with Gasteiger partial charge in [0.2, 0.25) is 0 Å². The molecule has 3 heteroatoms. The van der Waals surface area contributed by atoms with Crippen molar-refractivity contribution in [2.75, 3.05) is 0 Å². The maximum Gasteiger partial charge on any atom is 0.303 e. The molecule has 0 aromatic carbocycles. The van der Waals surface area contributed by atoms with Gasteiger partial charge in [0.1, 0.15) is 0 Å². The first-order valence-electron chi connectivity index (χ1n) is 4.99. The Kier molecular flexibility index (Phi) is 7.06. The minimum absolute atomic E-state index is 0.157. The van der Waals surface area contributed by atoms with Crippen LogP contribution < -0.4 is 5.32 Å². The van der Waals surface area contributed by atoms with Crippen molar-refractivity contribution in [3.8, 4) is 0 Å². The summed E-state index contributed by atoms with van der Waals surface area (Å²) in [5.74, 6) is -0.776. The van der Waals surface area contributed by atoms with Crippen LogP contribution in [0.3, 0.4) is 0 Å². The monoisotopic (exact) mass is 209 g/mol. The molecule has 0 fully saturated rings. The fourth-order valence-corrected chi connectivity index (χ4v) is 1.00. The molecule has 0 saturated heterocycles. The number of carbonyl (C=O) groups is 1. The molecule has 1 atom stereocenters. The summed E-state index contributed by atoms with van der Waals surface area (Å²) in [4.78, 5) is 10.4. The highest BCUT2D eigenvalue weighted by atomic mass is 16.4. The third-order valence-corrected chi connectivity index (χ3v) is 1.97. The van der Waals surface area contributed by atoms with Crippen LogP contribution in [-0.4, -0.2) is 17.1 Å². The zero-order valence-corrected chi connectivity index (χ0v) is 9.20. The molecule has 84 valence electrons. The molecule has 1 unspecified atom stereocenters. The minimum atomic E-state index is -0.776. The Bertz CT molecular complexity index is 256. The van der Waals surface area contributed by atoms with Gasteiger partial charge in [-0.3, -0.25) is 4.79 Å². The van der Waals surface area contributed by atoms with E-state index < -0.39 is 5.97 Å². The van der Waals surface area contributed by atoms with Gasteiger partial charge in [-0.25, -0.2) is 0 Å². The van der Waals surface area contributed by atoms with E-state index in [1.165, 1.54) is 0 Å². The predicted molar refractivity (Wildman–Crippen MR) is 62.6 cm³/mol. The Balaban J connectivity index is 4.16. The van der Waals surface area contributed by atoms with Gasteiger partial charge in [-0.15, -0.1) is 13.2 Å². The van der Waals surface area contributed by atoms with Crippen molar-refractivity contribution in [1.29, 1.82) is 0 Å². The van der Waals surface area contributed by atoms with Gasteiger partial charge in [-0.1, -0.05) is 17.7 Å². The van der Waals surface area contributed by atoms with Gasteiger partial charge in [0, 0.05) is 12.5 Å². The first-order valence-corrected chi connectivity index (χ1v) is 4.99. The van der Waals surface area contributed by atoms with Crippen LogP contribution in [0.2, 0.25) is 0 Å². The number of hydrogen-bond donors (Lipinski definition) is 2. The average molecular weight is 209 g/mol. The lowest BCUT2D eigenvalue weighted by Gasteiger charge is -2.08. The number of allylic oxidation sites excluding steroid dienone is 2. The van der Waals surface area contributed by atoms with Crippen LogP contribution in [-0.2, 0) is 4.79 Å². The van der Waals surface area contributed by atoms with Gasteiger partial charge >= 0.3 is 5.97 Å². The average Bonchev–Trinajstić information content (AvgIpc) is 2.21. The molecule has 0 aromatic rings. The predicted octanol–water partition coefficient (Wildman–Crippen LogP) is 2.48. The molecule has 0 bridgehead atoms. The lowest BCUT2D eigenvalue weighted by atomic mass is 10.1. The summed E-state index contributed by atoms with van der Waals surface area (Å²) in [6, 6.07) is 0.189. The number of carboxylic acid groups (broad SMARTS) is 1. The number of nitrogens with one attached hydrogen (secondary N) is 1. The molecule has 0 spiro atoms. The van der Waals surface area contributed by atoms with E-state index in [0.29, 0.717) is 12.8 Å². The molecular formula is C12H19NO2. The van der Waals surface area contributed by atoms with E-state index in [2.05, 4.69) is 18.5 Å². The molecule has 0 radical (unpaired) electrons. The summed E-state index contributed by atoms with van der Waals surface area (Å²) in [6.07, 6.45) is 6.84. The summed E-state index contributed by atoms with van der Waals surface area (Å²) in [6.45, 7) is 9.27. The third-order valence-electron chi connectivity index (χ3n) is 1.97. The molecule has 0 heterocycles. The maximum atomic E-state index is 10.4. The Morgan fingerprint density at radius 1 is 1.47 bits per heavy atom. The van der Waals surface area contributed by atoms with Gasteiger partial charge in [-0.05, 0) is 26.0 Å². The second-order valence-electron chi connectivity index (χ2n) is 3.38. The first kappa shape index (κ1) is 13.5. The molecule has 0 aliphatic rings. The maximum absolute atomic E-state index is 10.4. The molecule has 0 saturated carbocycles. The van der Waals surface area contributed by atoms with Crippen molar-refractivity contribution in [3.05, 3.63) is 37.1 Å². The van der Waals surface area contributed by atoms with Crippen molar-refractivity contribution in [3.63, 3.8) is 0 Å². The minimum Gasteiger partial charge on any atom is -0.481 e. The molecule has 0 amide bonds. The molecule has 15 heavy (non-hydrogen) atoms. The molecular weight excluding hydrogens is 190 g/mol. The number of hydrogen-bond acceptors (Lipinski definition) is 2. The van der Waals surface area contributed by atoms with Crippen molar-refractivity contribution in [2.24, 2.45) is 0 Å². The van der Waals surface area contributed by atoms with Crippen LogP contribution in [0.4, 0.5) is 0 Å². The van der Waals surface area contributed by atoms with Gasteiger partial charge in [0.25, 0.3) is 0 Å². The Morgan fingerprint density at radius 2 is 2.13 bits per heavy atom. The summed E-state index contributed by atoms with van der Waals surface area (Å²) in [5.41, 5.74) is 1.04. The molecule has 0 aliphatic carbocycles. The lowest BCUT2D eigenvalue weighted by Crippen LogP contribution is -2.17. The van der Waals surface area contributed by atoms with E-state index >= 15 is 0 Å². The Hall–Kier alpha value is -1.51.